The van der Waals surface area contributed by atoms with Gasteiger partial charge in [0, 0.05) is 6.54 Å². The molecule has 0 radical (unpaired) electrons. The standard InChI is InChI=1S/C10H20N2O3/c1-3-11-7-9(13)12-6-4-5-8(2)10(14)15/h8,11H,3-7H2,1-2H3,(H,12,13)(H,14,15). The molecule has 0 saturated heterocycles. The normalized spacial score (nSPS) is 12.1. The zero-order valence-corrected chi connectivity index (χ0v) is 9.38. The third-order valence-corrected chi connectivity index (χ3v) is 2.09. The van der Waals surface area contributed by atoms with Gasteiger partial charge in [-0.05, 0) is 19.4 Å². The lowest BCUT2D eigenvalue weighted by Crippen LogP contribution is -2.34. The van der Waals surface area contributed by atoms with Crippen LogP contribution in [0, 0.1) is 5.92 Å². The molecule has 0 heterocycles. The van der Waals surface area contributed by atoms with Crippen LogP contribution < -0.4 is 10.6 Å². The summed E-state index contributed by atoms with van der Waals surface area (Å²) in [5.74, 6) is -1.16. The molecule has 0 saturated carbocycles. The van der Waals surface area contributed by atoms with Gasteiger partial charge in [0.05, 0.1) is 12.5 Å². The highest BCUT2D eigenvalue weighted by Crippen LogP contribution is 2.03. The van der Waals surface area contributed by atoms with E-state index in [4.69, 9.17) is 5.11 Å². The maximum Gasteiger partial charge on any atom is 0.306 e. The van der Waals surface area contributed by atoms with Crippen molar-refractivity contribution in [3.05, 3.63) is 0 Å². The minimum absolute atomic E-state index is 0.0418. The fourth-order valence-corrected chi connectivity index (χ4v) is 1.06. The quantitative estimate of drug-likeness (QED) is 0.507. The molecule has 0 aliphatic rings. The largest absolute Gasteiger partial charge is 0.481 e. The Morgan fingerprint density at radius 3 is 2.60 bits per heavy atom. The smallest absolute Gasteiger partial charge is 0.306 e. The van der Waals surface area contributed by atoms with Gasteiger partial charge >= 0.3 is 5.97 Å². The van der Waals surface area contributed by atoms with E-state index in [0.29, 0.717) is 25.9 Å². The van der Waals surface area contributed by atoms with Gasteiger partial charge in [0.15, 0.2) is 0 Å². The fraction of sp³-hybridized carbons (Fsp3) is 0.800. The predicted octanol–water partition coefficient (Wildman–Crippen LogP) is 0.213. The van der Waals surface area contributed by atoms with E-state index < -0.39 is 5.97 Å². The summed E-state index contributed by atoms with van der Waals surface area (Å²) < 4.78 is 0. The highest BCUT2D eigenvalue weighted by Gasteiger charge is 2.09. The monoisotopic (exact) mass is 216 g/mol. The minimum Gasteiger partial charge on any atom is -0.481 e. The second-order valence-corrected chi connectivity index (χ2v) is 3.51. The Kier molecular flexibility index (Phi) is 7.62. The van der Waals surface area contributed by atoms with Crippen LogP contribution >= 0.6 is 0 Å². The van der Waals surface area contributed by atoms with Crippen molar-refractivity contribution in [1.82, 2.24) is 10.6 Å². The highest BCUT2D eigenvalue weighted by molar-refractivity contribution is 5.77. The van der Waals surface area contributed by atoms with Gasteiger partial charge in [-0.1, -0.05) is 13.8 Å². The number of rotatable bonds is 8. The molecule has 3 N–H and O–H groups in total. The molecular formula is C10H20N2O3. The molecule has 5 nitrogen and oxygen atoms in total. The van der Waals surface area contributed by atoms with Crippen LogP contribution in [0.5, 0.6) is 0 Å². The summed E-state index contributed by atoms with van der Waals surface area (Å²) in [5, 5.41) is 14.2. The molecule has 0 aliphatic heterocycles. The van der Waals surface area contributed by atoms with E-state index in [9.17, 15) is 9.59 Å². The number of hydrogen-bond donors (Lipinski definition) is 3. The molecule has 1 atom stereocenters. The van der Waals surface area contributed by atoms with Crippen LogP contribution in [0.1, 0.15) is 26.7 Å². The van der Waals surface area contributed by atoms with Crippen LogP contribution in [-0.4, -0.2) is 36.6 Å². The average Bonchev–Trinajstić information content (AvgIpc) is 2.20. The lowest BCUT2D eigenvalue weighted by molar-refractivity contribution is -0.141. The molecule has 0 aromatic rings. The van der Waals surface area contributed by atoms with Gasteiger partial charge in [-0.25, -0.2) is 0 Å². The molecule has 0 bridgehead atoms. The summed E-state index contributed by atoms with van der Waals surface area (Å²) in [4.78, 5) is 21.6. The van der Waals surface area contributed by atoms with Crippen LogP contribution in [-0.2, 0) is 9.59 Å². The van der Waals surface area contributed by atoms with E-state index in [1.165, 1.54) is 0 Å². The number of carbonyl (C=O) groups excluding carboxylic acids is 1. The lowest BCUT2D eigenvalue weighted by Gasteiger charge is -2.07. The Bertz CT molecular complexity index is 207. The third-order valence-electron chi connectivity index (χ3n) is 2.09. The molecule has 1 unspecified atom stereocenters. The van der Waals surface area contributed by atoms with Crippen molar-refractivity contribution in [1.29, 1.82) is 0 Å². The van der Waals surface area contributed by atoms with Crippen molar-refractivity contribution in [3.63, 3.8) is 0 Å². The van der Waals surface area contributed by atoms with Crippen LogP contribution in [0.3, 0.4) is 0 Å². The number of carboxylic acids is 1. The van der Waals surface area contributed by atoms with Gasteiger partial charge in [0.2, 0.25) is 5.91 Å². The van der Waals surface area contributed by atoms with E-state index >= 15 is 0 Å². The number of amides is 1. The lowest BCUT2D eigenvalue weighted by atomic mass is 10.1. The maximum absolute atomic E-state index is 11.1. The molecule has 0 aromatic carbocycles. The van der Waals surface area contributed by atoms with Crippen LogP contribution in [0.25, 0.3) is 0 Å². The van der Waals surface area contributed by atoms with Crippen molar-refractivity contribution in [2.45, 2.75) is 26.7 Å². The molecule has 5 heteroatoms. The average molecular weight is 216 g/mol. The number of hydrogen-bond acceptors (Lipinski definition) is 3. The van der Waals surface area contributed by atoms with Gasteiger partial charge < -0.3 is 15.7 Å². The Labute approximate surface area is 90.2 Å². The van der Waals surface area contributed by atoms with Gasteiger partial charge in [-0.15, -0.1) is 0 Å². The number of likely N-dealkylation sites (N-methyl/N-ethyl adjacent to an activating group) is 1. The van der Waals surface area contributed by atoms with Crippen LogP contribution in [0.15, 0.2) is 0 Å². The van der Waals surface area contributed by atoms with Crippen molar-refractivity contribution in [2.75, 3.05) is 19.6 Å². The minimum atomic E-state index is -0.783. The van der Waals surface area contributed by atoms with Crippen LogP contribution in [0.4, 0.5) is 0 Å². The molecule has 0 spiro atoms. The van der Waals surface area contributed by atoms with Crippen molar-refractivity contribution in [2.24, 2.45) is 5.92 Å². The summed E-state index contributed by atoms with van der Waals surface area (Å²) in [7, 11) is 0. The first kappa shape index (κ1) is 13.9. The molecule has 15 heavy (non-hydrogen) atoms. The maximum atomic E-state index is 11.1. The molecule has 0 aliphatic carbocycles. The van der Waals surface area contributed by atoms with Gasteiger partial charge in [-0.2, -0.15) is 0 Å². The van der Waals surface area contributed by atoms with Gasteiger partial charge in [0.25, 0.3) is 0 Å². The third kappa shape index (κ3) is 7.93. The Balaban J connectivity index is 3.38. The number of carboxylic acid groups (broad SMARTS) is 1. The Morgan fingerprint density at radius 1 is 1.40 bits per heavy atom. The molecule has 1 amide bonds. The SMILES string of the molecule is CCNCC(=O)NCCCC(C)C(=O)O. The number of aliphatic carboxylic acids is 1. The second-order valence-electron chi connectivity index (χ2n) is 3.51. The zero-order chi connectivity index (χ0) is 11.7. The van der Waals surface area contributed by atoms with E-state index in [1.54, 1.807) is 6.92 Å². The van der Waals surface area contributed by atoms with Crippen LogP contribution in [0.2, 0.25) is 0 Å². The highest BCUT2D eigenvalue weighted by atomic mass is 16.4. The van der Waals surface area contributed by atoms with Crippen molar-refractivity contribution >= 4 is 11.9 Å². The van der Waals surface area contributed by atoms with Crippen molar-refractivity contribution in [3.8, 4) is 0 Å². The van der Waals surface area contributed by atoms with E-state index in [-0.39, 0.29) is 11.8 Å². The Hall–Kier alpha value is -1.10. The molecule has 0 fully saturated rings. The first-order chi connectivity index (χ1) is 7.07. The zero-order valence-electron chi connectivity index (χ0n) is 9.38. The van der Waals surface area contributed by atoms with E-state index in [1.807, 2.05) is 6.92 Å². The summed E-state index contributed by atoms with van der Waals surface area (Å²) in [6.07, 6.45) is 1.29. The van der Waals surface area contributed by atoms with E-state index in [0.717, 1.165) is 6.54 Å². The summed E-state index contributed by atoms with van der Waals surface area (Å²) in [5.41, 5.74) is 0. The molecular weight excluding hydrogens is 196 g/mol. The summed E-state index contributed by atoms with van der Waals surface area (Å²) in [6.45, 7) is 5.24. The van der Waals surface area contributed by atoms with Crippen molar-refractivity contribution < 1.29 is 14.7 Å². The Morgan fingerprint density at radius 2 is 2.07 bits per heavy atom. The fourth-order valence-electron chi connectivity index (χ4n) is 1.06. The first-order valence-corrected chi connectivity index (χ1v) is 5.28. The first-order valence-electron chi connectivity index (χ1n) is 5.28. The van der Waals surface area contributed by atoms with E-state index in [2.05, 4.69) is 10.6 Å². The summed E-state index contributed by atoms with van der Waals surface area (Å²) >= 11 is 0. The van der Waals surface area contributed by atoms with Gasteiger partial charge in [-0.3, -0.25) is 9.59 Å². The number of carbonyl (C=O) groups is 2. The topological polar surface area (TPSA) is 78.4 Å². The molecule has 0 aromatic heterocycles. The van der Waals surface area contributed by atoms with Gasteiger partial charge in [0.1, 0.15) is 0 Å². The second kappa shape index (κ2) is 8.23. The predicted molar refractivity (Wildman–Crippen MR) is 57.6 cm³/mol. The number of nitrogens with one attached hydrogen (secondary N) is 2. The summed E-state index contributed by atoms with van der Waals surface area (Å²) in [6, 6.07) is 0. The molecule has 0 rings (SSSR count). The molecule has 88 valence electrons.